The van der Waals surface area contributed by atoms with Crippen molar-refractivity contribution < 1.29 is 19.8 Å². The van der Waals surface area contributed by atoms with Crippen molar-refractivity contribution in [3.8, 4) is 0 Å². The van der Waals surface area contributed by atoms with Gasteiger partial charge in [0.2, 0.25) is 5.91 Å². The molecule has 1 aromatic carbocycles. The molecule has 5 heteroatoms. The Hall–Kier alpha value is -1.88. The van der Waals surface area contributed by atoms with Gasteiger partial charge in [-0.15, -0.1) is 0 Å². The molecule has 1 rings (SSSR count). The minimum absolute atomic E-state index is 0.0571. The van der Waals surface area contributed by atoms with Crippen molar-refractivity contribution in [1.82, 2.24) is 5.32 Å². The maximum atomic E-state index is 11.6. The van der Waals surface area contributed by atoms with Gasteiger partial charge in [-0.1, -0.05) is 18.2 Å². The summed E-state index contributed by atoms with van der Waals surface area (Å²) in [6.45, 7) is 0.604. The van der Waals surface area contributed by atoms with Crippen molar-refractivity contribution in [2.45, 2.75) is 19.3 Å². The van der Waals surface area contributed by atoms with Crippen LogP contribution < -0.4 is 5.32 Å². The van der Waals surface area contributed by atoms with Gasteiger partial charge in [0, 0.05) is 13.2 Å². The quantitative estimate of drug-likeness (QED) is 0.626. The second-order valence-corrected chi connectivity index (χ2v) is 3.92. The molecule has 0 heterocycles. The minimum atomic E-state index is -1.03. The van der Waals surface area contributed by atoms with Crippen LogP contribution in [0.25, 0.3) is 0 Å². The Morgan fingerprint density at radius 1 is 1.17 bits per heavy atom. The molecule has 0 saturated carbocycles. The van der Waals surface area contributed by atoms with Crippen LogP contribution in [0.5, 0.6) is 0 Å². The number of unbranched alkanes of at least 4 members (excludes halogenated alkanes) is 1. The highest BCUT2D eigenvalue weighted by molar-refractivity contribution is 5.91. The Morgan fingerprint density at radius 2 is 1.89 bits per heavy atom. The molecule has 0 fully saturated rings. The van der Waals surface area contributed by atoms with Crippen LogP contribution in [-0.4, -0.2) is 35.2 Å². The molecule has 0 spiro atoms. The van der Waals surface area contributed by atoms with E-state index in [1.807, 2.05) is 0 Å². The first-order chi connectivity index (χ1) is 8.65. The van der Waals surface area contributed by atoms with Gasteiger partial charge in [0.05, 0.1) is 12.0 Å². The van der Waals surface area contributed by atoms with Crippen LogP contribution in [0.3, 0.4) is 0 Å². The number of amides is 1. The van der Waals surface area contributed by atoms with Gasteiger partial charge in [-0.3, -0.25) is 4.79 Å². The summed E-state index contributed by atoms with van der Waals surface area (Å²) >= 11 is 0. The van der Waals surface area contributed by atoms with E-state index in [4.69, 9.17) is 10.2 Å². The van der Waals surface area contributed by atoms with Gasteiger partial charge in [-0.25, -0.2) is 4.79 Å². The molecule has 0 atom stereocenters. The Morgan fingerprint density at radius 3 is 2.56 bits per heavy atom. The number of aromatic carboxylic acids is 1. The summed E-state index contributed by atoms with van der Waals surface area (Å²) < 4.78 is 0. The molecule has 0 unspecified atom stereocenters. The van der Waals surface area contributed by atoms with Crippen molar-refractivity contribution in [1.29, 1.82) is 0 Å². The van der Waals surface area contributed by atoms with Crippen molar-refractivity contribution in [2.24, 2.45) is 0 Å². The molecule has 1 amide bonds. The summed E-state index contributed by atoms with van der Waals surface area (Å²) in [4.78, 5) is 22.5. The summed E-state index contributed by atoms with van der Waals surface area (Å²) in [5.41, 5.74) is 0.660. The van der Waals surface area contributed by atoms with Crippen LogP contribution in [-0.2, 0) is 11.2 Å². The van der Waals surface area contributed by atoms with E-state index in [2.05, 4.69) is 5.32 Å². The number of carboxylic acids is 1. The maximum absolute atomic E-state index is 11.6. The second kappa shape index (κ2) is 7.45. The van der Waals surface area contributed by atoms with Gasteiger partial charge in [0.1, 0.15) is 0 Å². The Kier molecular flexibility index (Phi) is 5.87. The summed E-state index contributed by atoms with van der Waals surface area (Å²) in [5, 5.41) is 20.2. The molecule has 0 saturated heterocycles. The number of aliphatic hydroxyl groups excluding tert-OH is 1. The number of benzene rings is 1. The number of carbonyl (C=O) groups excluding carboxylic acids is 1. The topological polar surface area (TPSA) is 86.6 Å². The molecule has 98 valence electrons. The third kappa shape index (κ3) is 4.55. The maximum Gasteiger partial charge on any atom is 0.335 e. The smallest absolute Gasteiger partial charge is 0.335 e. The third-order valence-electron chi connectivity index (χ3n) is 2.51. The number of rotatable bonds is 7. The van der Waals surface area contributed by atoms with E-state index in [-0.39, 0.29) is 24.5 Å². The van der Waals surface area contributed by atoms with Gasteiger partial charge in [-0.2, -0.15) is 0 Å². The molecule has 3 N–H and O–H groups in total. The fourth-order valence-corrected chi connectivity index (χ4v) is 1.58. The van der Waals surface area contributed by atoms with Crippen molar-refractivity contribution in [3.05, 3.63) is 35.4 Å². The molecular weight excluding hydrogens is 234 g/mol. The fraction of sp³-hybridized carbons (Fsp3) is 0.385. The van der Waals surface area contributed by atoms with Gasteiger partial charge in [0.15, 0.2) is 0 Å². The number of hydrogen-bond acceptors (Lipinski definition) is 3. The zero-order valence-corrected chi connectivity index (χ0v) is 10.1. The molecule has 5 nitrogen and oxygen atoms in total. The minimum Gasteiger partial charge on any atom is -0.478 e. The van der Waals surface area contributed by atoms with Crippen LogP contribution >= 0.6 is 0 Å². The van der Waals surface area contributed by atoms with E-state index >= 15 is 0 Å². The molecule has 0 aliphatic rings. The predicted molar refractivity (Wildman–Crippen MR) is 66.4 cm³/mol. The number of carbonyl (C=O) groups is 2. The lowest BCUT2D eigenvalue weighted by atomic mass is 10.0. The fourth-order valence-electron chi connectivity index (χ4n) is 1.58. The summed E-state index contributed by atoms with van der Waals surface area (Å²) in [5.74, 6) is -1.24. The van der Waals surface area contributed by atoms with Gasteiger partial charge in [-0.05, 0) is 24.5 Å². The first kappa shape index (κ1) is 14.2. The molecule has 0 aliphatic carbocycles. The lowest BCUT2D eigenvalue weighted by Gasteiger charge is -2.07. The Bertz CT molecular complexity index is 417. The van der Waals surface area contributed by atoms with E-state index in [9.17, 15) is 9.59 Å². The molecule has 0 bridgehead atoms. The van der Waals surface area contributed by atoms with Crippen LogP contribution in [0, 0.1) is 0 Å². The highest BCUT2D eigenvalue weighted by atomic mass is 16.4. The number of hydrogen-bond donors (Lipinski definition) is 3. The zero-order chi connectivity index (χ0) is 13.4. The van der Waals surface area contributed by atoms with E-state index in [0.717, 1.165) is 0 Å². The van der Waals surface area contributed by atoms with Crippen LogP contribution in [0.4, 0.5) is 0 Å². The summed E-state index contributed by atoms with van der Waals surface area (Å²) in [6.07, 6.45) is 1.41. The van der Waals surface area contributed by atoms with Crippen molar-refractivity contribution in [3.63, 3.8) is 0 Å². The summed E-state index contributed by atoms with van der Waals surface area (Å²) in [6, 6.07) is 6.46. The van der Waals surface area contributed by atoms with E-state index < -0.39 is 5.97 Å². The Labute approximate surface area is 105 Å². The van der Waals surface area contributed by atoms with E-state index in [1.165, 1.54) is 6.07 Å². The SMILES string of the molecule is O=C(Cc1ccccc1C(=O)O)NCCCCO. The van der Waals surface area contributed by atoms with Gasteiger partial charge < -0.3 is 15.5 Å². The number of carboxylic acid groups (broad SMARTS) is 1. The van der Waals surface area contributed by atoms with Crippen LogP contribution in [0.2, 0.25) is 0 Å². The molecule has 18 heavy (non-hydrogen) atoms. The molecule has 0 radical (unpaired) electrons. The van der Waals surface area contributed by atoms with Crippen molar-refractivity contribution >= 4 is 11.9 Å². The second-order valence-electron chi connectivity index (χ2n) is 3.92. The summed E-state index contributed by atoms with van der Waals surface area (Å²) in [7, 11) is 0. The number of aliphatic hydroxyl groups is 1. The highest BCUT2D eigenvalue weighted by Gasteiger charge is 2.11. The highest BCUT2D eigenvalue weighted by Crippen LogP contribution is 2.09. The van der Waals surface area contributed by atoms with E-state index in [0.29, 0.717) is 24.9 Å². The predicted octanol–water partition coefficient (Wildman–Crippen LogP) is 0.816. The number of nitrogens with one attached hydrogen (secondary N) is 1. The Balaban J connectivity index is 2.51. The lowest BCUT2D eigenvalue weighted by molar-refractivity contribution is -0.120. The van der Waals surface area contributed by atoms with Gasteiger partial charge >= 0.3 is 5.97 Å². The van der Waals surface area contributed by atoms with Gasteiger partial charge in [0.25, 0.3) is 0 Å². The van der Waals surface area contributed by atoms with Crippen molar-refractivity contribution in [2.75, 3.05) is 13.2 Å². The van der Waals surface area contributed by atoms with Crippen LogP contribution in [0.15, 0.2) is 24.3 Å². The molecule has 1 aromatic rings. The molecule has 0 aliphatic heterocycles. The average molecular weight is 251 g/mol. The lowest BCUT2D eigenvalue weighted by Crippen LogP contribution is -2.26. The zero-order valence-electron chi connectivity index (χ0n) is 10.1. The largest absolute Gasteiger partial charge is 0.478 e. The first-order valence-electron chi connectivity index (χ1n) is 5.84. The monoisotopic (exact) mass is 251 g/mol. The standard InChI is InChI=1S/C13H17NO4/c15-8-4-3-7-14-12(16)9-10-5-1-2-6-11(10)13(17)18/h1-2,5-6,15H,3-4,7-9H2,(H,14,16)(H,17,18). The molecular formula is C13H17NO4. The van der Waals surface area contributed by atoms with Crippen LogP contribution in [0.1, 0.15) is 28.8 Å². The third-order valence-corrected chi connectivity index (χ3v) is 2.51. The average Bonchev–Trinajstić information content (AvgIpc) is 2.35. The molecule has 0 aromatic heterocycles. The normalized spacial score (nSPS) is 10.1. The first-order valence-corrected chi connectivity index (χ1v) is 5.84. The van der Waals surface area contributed by atoms with E-state index in [1.54, 1.807) is 18.2 Å².